The van der Waals surface area contributed by atoms with Crippen molar-refractivity contribution in [1.29, 1.82) is 0 Å². The molecule has 0 aliphatic carbocycles. The van der Waals surface area contributed by atoms with Crippen LogP contribution in [0.3, 0.4) is 0 Å². The zero-order valence-electron chi connectivity index (χ0n) is 9.83. The van der Waals surface area contributed by atoms with Gasteiger partial charge in [-0.25, -0.2) is 4.98 Å². The molecule has 19 heavy (non-hydrogen) atoms. The lowest BCUT2D eigenvalue weighted by molar-refractivity contribution is 0.846. The smallest absolute Gasteiger partial charge is 0.267 e. The SMILES string of the molecule is Cc1cnc2sc(Sc3ccc(Cl)cc3)nn2c1=O. The number of halogens is 1. The Morgan fingerprint density at radius 1 is 1.32 bits per heavy atom. The average molecular weight is 310 g/mol. The van der Waals surface area contributed by atoms with Crippen molar-refractivity contribution >= 4 is 39.7 Å². The van der Waals surface area contributed by atoms with Gasteiger partial charge >= 0.3 is 0 Å². The molecule has 0 saturated carbocycles. The van der Waals surface area contributed by atoms with E-state index < -0.39 is 0 Å². The molecule has 0 N–H and O–H groups in total. The monoisotopic (exact) mass is 309 g/mol. The molecule has 3 rings (SSSR count). The number of aryl methyl sites for hydroxylation is 1. The third-order valence-corrected chi connectivity index (χ3v) is 4.69. The summed E-state index contributed by atoms with van der Waals surface area (Å²) in [4.78, 5) is 17.7. The van der Waals surface area contributed by atoms with E-state index in [9.17, 15) is 4.79 Å². The second kappa shape index (κ2) is 4.96. The number of hydrogen-bond donors (Lipinski definition) is 0. The van der Waals surface area contributed by atoms with E-state index in [0.717, 1.165) is 9.24 Å². The third kappa shape index (κ3) is 2.51. The Morgan fingerprint density at radius 3 is 2.79 bits per heavy atom. The van der Waals surface area contributed by atoms with Gasteiger partial charge in [0.05, 0.1) is 0 Å². The van der Waals surface area contributed by atoms with Crippen molar-refractivity contribution in [2.75, 3.05) is 0 Å². The third-order valence-electron chi connectivity index (χ3n) is 2.46. The number of fused-ring (bicyclic) bond motifs is 1. The maximum absolute atomic E-state index is 11.9. The van der Waals surface area contributed by atoms with Gasteiger partial charge in [0.2, 0.25) is 4.96 Å². The maximum Gasteiger partial charge on any atom is 0.278 e. The summed E-state index contributed by atoms with van der Waals surface area (Å²) in [6.45, 7) is 1.73. The van der Waals surface area contributed by atoms with Crippen molar-refractivity contribution in [3.63, 3.8) is 0 Å². The molecule has 0 aliphatic heterocycles. The predicted molar refractivity (Wildman–Crippen MR) is 77.4 cm³/mol. The van der Waals surface area contributed by atoms with Crippen LogP contribution in [-0.2, 0) is 0 Å². The van der Waals surface area contributed by atoms with Gasteiger partial charge in [-0.3, -0.25) is 4.79 Å². The molecule has 7 heteroatoms. The van der Waals surface area contributed by atoms with Crippen molar-refractivity contribution in [2.45, 2.75) is 16.2 Å². The minimum absolute atomic E-state index is 0.121. The Bertz CT molecular complexity index is 795. The highest BCUT2D eigenvalue weighted by molar-refractivity contribution is 8.01. The Labute approximate surface area is 122 Å². The Hall–Kier alpha value is -1.37. The van der Waals surface area contributed by atoms with Gasteiger partial charge in [0.1, 0.15) is 0 Å². The van der Waals surface area contributed by atoms with E-state index in [4.69, 9.17) is 11.6 Å². The van der Waals surface area contributed by atoms with E-state index in [1.54, 1.807) is 13.1 Å². The van der Waals surface area contributed by atoms with Crippen LogP contribution in [0, 0.1) is 6.92 Å². The summed E-state index contributed by atoms with van der Waals surface area (Å²) in [6.07, 6.45) is 1.58. The molecule has 0 aliphatic rings. The first-order valence-corrected chi connectivity index (χ1v) is 7.43. The summed E-state index contributed by atoms with van der Waals surface area (Å²) in [5.41, 5.74) is 0.468. The topological polar surface area (TPSA) is 47.3 Å². The van der Waals surface area contributed by atoms with E-state index in [2.05, 4.69) is 10.1 Å². The van der Waals surface area contributed by atoms with E-state index in [0.29, 0.717) is 15.5 Å². The Balaban J connectivity index is 2.00. The highest BCUT2D eigenvalue weighted by Gasteiger charge is 2.09. The maximum atomic E-state index is 11.9. The fourth-order valence-corrected chi connectivity index (χ4v) is 3.49. The van der Waals surface area contributed by atoms with Crippen LogP contribution in [0.4, 0.5) is 0 Å². The molecule has 0 radical (unpaired) electrons. The molecule has 3 aromatic rings. The minimum atomic E-state index is -0.121. The lowest BCUT2D eigenvalue weighted by Gasteiger charge is -1.96. The number of nitrogens with zero attached hydrogens (tertiary/aromatic N) is 3. The molecule has 0 spiro atoms. The Morgan fingerprint density at radius 2 is 2.05 bits per heavy atom. The van der Waals surface area contributed by atoms with Crippen LogP contribution in [-0.4, -0.2) is 14.6 Å². The molecule has 4 nitrogen and oxygen atoms in total. The predicted octanol–water partition coefficient (Wildman–Crippen LogP) is 3.26. The molecule has 1 aromatic carbocycles. The first kappa shape index (κ1) is 12.7. The first-order valence-electron chi connectivity index (χ1n) is 5.42. The van der Waals surface area contributed by atoms with Crippen molar-refractivity contribution in [1.82, 2.24) is 14.6 Å². The van der Waals surface area contributed by atoms with Gasteiger partial charge in [0.15, 0.2) is 4.34 Å². The van der Waals surface area contributed by atoms with Gasteiger partial charge in [-0.05, 0) is 31.2 Å². The second-order valence-corrected chi connectivity index (χ2v) is 6.58. The van der Waals surface area contributed by atoms with Gasteiger partial charge < -0.3 is 0 Å². The van der Waals surface area contributed by atoms with Crippen LogP contribution in [0.25, 0.3) is 4.96 Å². The quantitative estimate of drug-likeness (QED) is 0.729. The molecular weight excluding hydrogens is 302 g/mol. The van der Waals surface area contributed by atoms with Crippen LogP contribution in [0.5, 0.6) is 0 Å². The van der Waals surface area contributed by atoms with Gasteiger partial charge in [0, 0.05) is 21.7 Å². The van der Waals surface area contributed by atoms with Gasteiger partial charge in [0.25, 0.3) is 5.56 Å². The lowest BCUT2D eigenvalue weighted by atomic mass is 10.4. The molecule has 0 saturated heterocycles. The van der Waals surface area contributed by atoms with Crippen LogP contribution in [0.1, 0.15) is 5.56 Å². The summed E-state index contributed by atoms with van der Waals surface area (Å²) >= 11 is 8.71. The molecule has 0 fully saturated rings. The second-order valence-electron chi connectivity index (χ2n) is 3.86. The van der Waals surface area contributed by atoms with Crippen LogP contribution in [0.2, 0.25) is 5.02 Å². The molecule has 0 atom stereocenters. The van der Waals surface area contributed by atoms with Crippen molar-refractivity contribution < 1.29 is 0 Å². The molecule has 96 valence electrons. The molecular formula is C12H8ClN3OS2. The van der Waals surface area contributed by atoms with E-state index in [1.807, 2.05) is 24.3 Å². The Kier molecular flexibility index (Phi) is 3.30. The number of rotatable bonds is 2. The largest absolute Gasteiger partial charge is 0.278 e. The minimum Gasteiger partial charge on any atom is -0.267 e. The van der Waals surface area contributed by atoms with E-state index in [-0.39, 0.29) is 5.56 Å². The summed E-state index contributed by atoms with van der Waals surface area (Å²) < 4.78 is 2.12. The fraction of sp³-hybridized carbons (Fsp3) is 0.0833. The van der Waals surface area contributed by atoms with Crippen LogP contribution < -0.4 is 5.56 Å². The molecule has 2 aromatic heterocycles. The number of hydrogen-bond acceptors (Lipinski definition) is 5. The number of benzene rings is 1. The normalized spacial score (nSPS) is 11.1. The highest BCUT2D eigenvalue weighted by Crippen LogP contribution is 2.31. The standard InChI is InChI=1S/C12H8ClN3OS2/c1-7-6-14-11-16(10(7)17)15-12(19-11)18-9-4-2-8(13)3-5-9/h2-6H,1H3. The van der Waals surface area contributed by atoms with Gasteiger partial charge in [-0.1, -0.05) is 34.7 Å². The van der Waals surface area contributed by atoms with Crippen LogP contribution >= 0.6 is 34.7 Å². The molecule has 0 amide bonds. The lowest BCUT2D eigenvalue weighted by Crippen LogP contribution is -2.16. The molecule has 0 bridgehead atoms. The fourth-order valence-electron chi connectivity index (χ4n) is 1.50. The van der Waals surface area contributed by atoms with E-state index >= 15 is 0 Å². The first-order chi connectivity index (χ1) is 9.13. The summed E-state index contributed by atoms with van der Waals surface area (Å²) in [6, 6.07) is 7.48. The highest BCUT2D eigenvalue weighted by atomic mass is 35.5. The zero-order valence-corrected chi connectivity index (χ0v) is 12.2. The summed E-state index contributed by atoms with van der Waals surface area (Å²) in [5, 5.41) is 4.98. The van der Waals surface area contributed by atoms with E-state index in [1.165, 1.54) is 27.6 Å². The molecule has 2 heterocycles. The summed E-state index contributed by atoms with van der Waals surface area (Å²) in [5.74, 6) is 0. The molecule has 0 unspecified atom stereocenters. The number of aromatic nitrogens is 3. The zero-order chi connectivity index (χ0) is 13.4. The average Bonchev–Trinajstić information content (AvgIpc) is 2.80. The van der Waals surface area contributed by atoms with Crippen molar-refractivity contribution in [3.05, 3.63) is 51.4 Å². The van der Waals surface area contributed by atoms with Gasteiger partial charge in [-0.2, -0.15) is 4.52 Å². The van der Waals surface area contributed by atoms with Gasteiger partial charge in [-0.15, -0.1) is 5.10 Å². The summed E-state index contributed by atoms with van der Waals surface area (Å²) in [7, 11) is 0. The van der Waals surface area contributed by atoms with Crippen LogP contribution in [0.15, 0.2) is 44.5 Å². The van der Waals surface area contributed by atoms with Crippen molar-refractivity contribution in [3.8, 4) is 0 Å². The van der Waals surface area contributed by atoms with Crippen molar-refractivity contribution in [2.24, 2.45) is 0 Å².